The number of benzene rings is 1. The van der Waals surface area contributed by atoms with E-state index in [9.17, 15) is 19.8 Å². The third-order valence-corrected chi connectivity index (χ3v) is 4.66. The molecule has 1 aromatic rings. The molecule has 1 aliphatic rings. The summed E-state index contributed by atoms with van der Waals surface area (Å²) in [6.07, 6.45) is 2.05. The maximum Gasteiger partial charge on any atom is 0.528 e. The predicted molar refractivity (Wildman–Crippen MR) is 99.1 cm³/mol. The number of carboxylic acid groups (broad SMARTS) is 1. The molecule has 0 spiro atoms. The van der Waals surface area contributed by atoms with E-state index in [-0.39, 0.29) is 6.04 Å². The van der Waals surface area contributed by atoms with Crippen molar-refractivity contribution in [3.63, 3.8) is 0 Å². The molecule has 0 unspecified atom stereocenters. The molecule has 150 valence electrons. The number of nitrogens with zero attached hydrogens (tertiary/aromatic N) is 1. The van der Waals surface area contributed by atoms with Crippen molar-refractivity contribution in [1.29, 1.82) is 0 Å². The highest BCUT2D eigenvalue weighted by molar-refractivity contribution is 5.73. The first-order chi connectivity index (χ1) is 12.7. The normalized spacial score (nSPS) is 21.5. The monoisotopic (exact) mass is 379 g/mol. The fourth-order valence-electron chi connectivity index (χ4n) is 3.40. The van der Waals surface area contributed by atoms with Crippen molar-refractivity contribution in [2.75, 3.05) is 6.61 Å². The maximum atomic E-state index is 12.1. The van der Waals surface area contributed by atoms with Gasteiger partial charge in [-0.3, -0.25) is 4.79 Å². The van der Waals surface area contributed by atoms with E-state index in [0.29, 0.717) is 18.8 Å². The lowest BCUT2D eigenvalue weighted by Gasteiger charge is -2.37. The molecule has 1 aliphatic carbocycles. The number of aliphatic carboxylic acids is 1. The van der Waals surface area contributed by atoms with E-state index < -0.39 is 30.4 Å². The molecule has 0 bridgehead atoms. The summed E-state index contributed by atoms with van der Waals surface area (Å²) in [5.41, 5.74) is 0.499. The molecule has 7 nitrogen and oxygen atoms in total. The summed E-state index contributed by atoms with van der Waals surface area (Å²) in [7, 11) is 0. The zero-order valence-electron chi connectivity index (χ0n) is 16.1. The second-order valence-electron chi connectivity index (χ2n) is 7.87. The van der Waals surface area contributed by atoms with Gasteiger partial charge in [0.15, 0.2) is 6.04 Å². The van der Waals surface area contributed by atoms with E-state index in [1.165, 1.54) is 5.56 Å². The van der Waals surface area contributed by atoms with Crippen LogP contribution in [0.2, 0.25) is 0 Å². The Kier molecular flexibility index (Phi) is 7.21. The van der Waals surface area contributed by atoms with Crippen LogP contribution in [0.5, 0.6) is 0 Å². The zero-order chi connectivity index (χ0) is 20.0. The molecular weight excluding hydrogens is 350 g/mol. The minimum atomic E-state index is -1.32. The lowest BCUT2D eigenvalue weighted by molar-refractivity contribution is -0.209. The molecular formula is C20H29NO6. The Hall–Kier alpha value is -2.12. The van der Waals surface area contributed by atoms with E-state index in [1.807, 2.05) is 18.2 Å². The average molecular weight is 379 g/mol. The van der Waals surface area contributed by atoms with Gasteiger partial charge in [-0.05, 0) is 57.9 Å². The van der Waals surface area contributed by atoms with E-state index in [4.69, 9.17) is 9.57 Å². The maximum absolute atomic E-state index is 12.1. The smallest absolute Gasteiger partial charge is 0.480 e. The van der Waals surface area contributed by atoms with Crippen LogP contribution < -0.4 is 0 Å². The van der Waals surface area contributed by atoms with Gasteiger partial charge in [-0.25, -0.2) is 4.79 Å². The van der Waals surface area contributed by atoms with Crippen molar-refractivity contribution in [1.82, 2.24) is 5.06 Å². The highest BCUT2D eigenvalue weighted by Gasteiger charge is 2.38. The van der Waals surface area contributed by atoms with Crippen LogP contribution >= 0.6 is 0 Å². The lowest BCUT2D eigenvalue weighted by Crippen LogP contribution is -2.51. The molecule has 0 amide bonds. The third-order valence-electron chi connectivity index (χ3n) is 4.66. The Balaban J connectivity index is 2.07. The molecule has 0 aromatic heterocycles. The Morgan fingerprint density at radius 2 is 1.74 bits per heavy atom. The number of aliphatic hydroxyl groups excluding tert-OH is 1. The van der Waals surface area contributed by atoms with Gasteiger partial charge < -0.3 is 19.8 Å². The van der Waals surface area contributed by atoms with Crippen LogP contribution in [0.3, 0.4) is 0 Å². The average Bonchev–Trinajstić information content (AvgIpc) is 2.60. The van der Waals surface area contributed by atoms with Gasteiger partial charge in [0.05, 0.1) is 6.61 Å². The van der Waals surface area contributed by atoms with Crippen molar-refractivity contribution in [3.8, 4) is 0 Å². The quantitative estimate of drug-likeness (QED) is 0.578. The molecule has 0 aliphatic heterocycles. The van der Waals surface area contributed by atoms with Crippen LogP contribution in [-0.4, -0.2) is 51.7 Å². The molecule has 2 N–H and O–H groups in total. The molecule has 1 fully saturated rings. The minimum Gasteiger partial charge on any atom is -0.480 e. The van der Waals surface area contributed by atoms with Crippen LogP contribution in [0.1, 0.15) is 57.9 Å². The molecule has 0 saturated heterocycles. The molecule has 0 heterocycles. The SMILES string of the molecule is CC(C)(C)OC(=O)ON(C1CCC(c2ccccc2)CC1)[C@@H](CO)C(=O)O. The van der Waals surface area contributed by atoms with Crippen molar-refractivity contribution in [2.45, 2.75) is 70.1 Å². The van der Waals surface area contributed by atoms with Crippen molar-refractivity contribution < 1.29 is 29.4 Å². The third kappa shape index (κ3) is 6.22. The summed E-state index contributed by atoms with van der Waals surface area (Å²) < 4.78 is 5.15. The molecule has 1 atom stereocenters. The Morgan fingerprint density at radius 3 is 2.22 bits per heavy atom. The first kappa shape index (κ1) is 21.2. The van der Waals surface area contributed by atoms with E-state index in [0.717, 1.165) is 17.9 Å². The highest BCUT2D eigenvalue weighted by Crippen LogP contribution is 2.35. The molecule has 1 aromatic carbocycles. The second kappa shape index (κ2) is 9.19. The van der Waals surface area contributed by atoms with Gasteiger partial charge in [0.2, 0.25) is 0 Å². The number of rotatable bonds is 6. The fourth-order valence-corrected chi connectivity index (χ4v) is 3.40. The number of hydroxylamine groups is 2. The van der Waals surface area contributed by atoms with Crippen LogP contribution in [0.15, 0.2) is 30.3 Å². The fraction of sp³-hybridized carbons (Fsp3) is 0.600. The Labute approximate surface area is 159 Å². The number of aliphatic hydroxyl groups is 1. The topological polar surface area (TPSA) is 96.3 Å². The van der Waals surface area contributed by atoms with Crippen LogP contribution in [0.25, 0.3) is 0 Å². The Morgan fingerprint density at radius 1 is 1.15 bits per heavy atom. The first-order valence-electron chi connectivity index (χ1n) is 9.29. The molecule has 27 heavy (non-hydrogen) atoms. The molecule has 7 heteroatoms. The number of carbonyl (C=O) groups excluding carboxylic acids is 1. The number of hydrogen-bond donors (Lipinski definition) is 2. The lowest BCUT2D eigenvalue weighted by atomic mass is 9.81. The second-order valence-corrected chi connectivity index (χ2v) is 7.87. The van der Waals surface area contributed by atoms with Crippen LogP contribution in [-0.2, 0) is 14.4 Å². The summed E-state index contributed by atoms with van der Waals surface area (Å²) in [4.78, 5) is 28.9. The molecule has 2 rings (SSSR count). The predicted octanol–water partition coefficient (Wildman–Crippen LogP) is 3.33. The zero-order valence-corrected chi connectivity index (χ0v) is 16.1. The summed E-state index contributed by atoms with van der Waals surface area (Å²) >= 11 is 0. The standard InChI is InChI=1S/C20H29NO6/c1-20(2,3)26-19(25)27-21(17(13-22)18(23)24)16-11-9-15(10-12-16)14-7-5-4-6-8-14/h4-8,15-17,22H,9-13H2,1-3H3,(H,23,24)/t15?,16?,17-/m0/s1. The van der Waals surface area contributed by atoms with Gasteiger partial charge in [0.1, 0.15) is 5.60 Å². The number of ether oxygens (including phenoxy) is 1. The first-order valence-corrected chi connectivity index (χ1v) is 9.29. The summed E-state index contributed by atoms with van der Waals surface area (Å²) in [5, 5.41) is 20.0. The number of hydrogen-bond acceptors (Lipinski definition) is 6. The summed E-state index contributed by atoms with van der Waals surface area (Å²) in [6, 6.07) is 8.56. The molecule has 0 radical (unpaired) electrons. The number of carbonyl (C=O) groups is 2. The summed E-state index contributed by atoms with van der Waals surface area (Å²) in [6.45, 7) is 4.44. The van der Waals surface area contributed by atoms with Gasteiger partial charge in [-0.1, -0.05) is 30.3 Å². The van der Waals surface area contributed by atoms with Gasteiger partial charge in [-0.15, -0.1) is 5.06 Å². The van der Waals surface area contributed by atoms with E-state index in [1.54, 1.807) is 20.8 Å². The van der Waals surface area contributed by atoms with Crippen molar-refractivity contribution >= 4 is 12.1 Å². The van der Waals surface area contributed by atoms with Gasteiger partial charge in [0.25, 0.3) is 0 Å². The highest BCUT2D eigenvalue weighted by atomic mass is 16.8. The molecule has 1 saturated carbocycles. The minimum absolute atomic E-state index is 0.286. The summed E-state index contributed by atoms with van der Waals surface area (Å²) in [5.74, 6) is -0.852. The van der Waals surface area contributed by atoms with Crippen LogP contribution in [0, 0.1) is 0 Å². The van der Waals surface area contributed by atoms with Gasteiger partial charge >= 0.3 is 12.1 Å². The number of carboxylic acids is 1. The van der Waals surface area contributed by atoms with E-state index >= 15 is 0 Å². The van der Waals surface area contributed by atoms with Gasteiger partial charge in [0, 0.05) is 6.04 Å². The van der Waals surface area contributed by atoms with Crippen molar-refractivity contribution in [3.05, 3.63) is 35.9 Å². The van der Waals surface area contributed by atoms with E-state index in [2.05, 4.69) is 12.1 Å². The van der Waals surface area contributed by atoms with Crippen LogP contribution in [0.4, 0.5) is 4.79 Å². The Bertz CT molecular complexity index is 619. The van der Waals surface area contributed by atoms with Gasteiger partial charge in [-0.2, -0.15) is 0 Å². The van der Waals surface area contributed by atoms with Crippen molar-refractivity contribution in [2.24, 2.45) is 0 Å². The largest absolute Gasteiger partial charge is 0.528 e.